The van der Waals surface area contributed by atoms with E-state index in [1.807, 2.05) is 66.7 Å². The second-order valence-corrected chi connectivity index (χ2v) is 8.68. The van der Waals surface area contributed by atoms with Crippen LogP contribution in [-0.2, 0) is 4.74 Å². The number of hydrogen-bond acceptors (Lipinski definition) is 5. The van der Waals surface area contributed by atoms with E-state index in [-0.39, 0.29) is 5.91 Å². The number of amides is 1. The number of nitrogens with one attached hydrogen (secondary N) is 1. The third kappa shape index (κ3) is 5.38. The first kappa shape index (κ1) is 23.6. The van der Waals surface area contributed by atoms with Gasteiger partial charge >= 0.3 is 0 Å². The maximum absolute atomic E-state index is 13.2. The Balaban J connectivity index is 1.32. The molecule has 0 aromatic heterocycles. The van der Waals surface area contributed by atoms with Crippen molar-refractivity contribution in [1.29, 1.82) is 5.26 Å². The van der Waals surface area contributed by atoms with Crippen LogP contribution in [0.1, 0.15) is 15.9 Å². The van der Waals surface area contributed by atoms with E-state index >= 15 is 0 Å². The summed E-state index contributed by atoms with van der Waals surface area (Å²) in [7, 11) is 0. The first-order chi connectivity index (χ1) is 17.7. The molecule has 180 valence electrons. The van der Waals surface area contributed by atoms with Gasteiger partial charge in [-0.1, -0.05) is 48.5 Å². The fourth-order valence-electron chi connectivity index (χ4n) is 4.39. The molecule has 36 heavy (non-hydrogen) atoms. The largest absolute Gasteiger partial charge is 0.492 e. The third-order valence-corrected chi connectivity index (χ3v) is 6.37. The molecule has 0 bridgehead atoms. The molecule has 1 amide bonds. The van der Waals surface area contributed by atoms with Crippen molar-refractivity contribution in [2.24, 2.45) is 0 Å². The average molecular weight is 478 g/mol. The standard InChI is InChI=1S/C30H27N3O3/c31-21-22-8-10-23(11-9-22)24-4-3-5-25(20-24)30(34)32-28-12-13-29(27-7-2-1-6-26(27)28)36-19-16-33-14-17-35-18-15-33/h1-13,20H,14-19H2,(H,32,34). The smallest absolute Gasteiger partial charge is 0.255 e. The van der Waals surface area contributed by atoms with Crippen LogP contribution in [0.15, 0.2) is 84.9 Å². The number of ether oxygens (including phenoxy) is 2. The molecule has 6 heteroatoms. The van der Waals surface area contributed by atoms with Crippen molar-refractivity contribution in [1.82, 2.24) is 4.90 Å². The molecular formula is C30H27N3O3. The fourth-order valence-corrected chi connectivity index (χ4v) is 4.39. The Morgan fingerprint density at radius 3 is 2.47 bits per heavy atom. The third-order valence-electron chi connectivity index (χ3n) is 6.37. The zero-order chi connectivity index (χ0) is 24.7. The van der Waals surface area contributed by atoms with Gasteiger partial charge in [0.1, 0.15) is 12.4 Å². The minimum atomic E-state index is -0.184. The minimum absolute atomic E-state index is 0.184. The van der Waals surface area contributed by atoms with Crippen molar-refractivity contribution in [2.45, 2.75) is 0 Å². The predicted octanol–water partition coefficient (Wildman–Crippen LogP) is 5.34. The van der Waals surface area contributed by atoms with E-state index in [1.165, 1.54) is 0 Å². The van der Waals surface area contributed by atoms with Crippen molar-refractivity contribution in [3.63, 3.8) is 0 Å². The van der Waals surface area contributed by atoms with Gasteiger partial charge in [0.15, 0.2) is 0 Å². The lowest BCUT2D eigenvalue weighted by Crippen LogP contribution is -2.38. The molecule has 1 aliphatic heterocycles. The van der Waals surface area contributed by atoms with Crippen LogP contribution < -0.4 is 10.1 Å². The van der Waals surface area contributed by atoms with Crippen molar-refractivity contribution in [3.05, 3.63) is 96.1 Å². The number of hydrogen-bond donors (Lipinski definition) is 1. The van der Waals surface area contributed by atoms with Gasteiger partial charge in [-0.25, -0.2) is 0 Å². The molecule has 4 aromatic rings. The molecule has 6 nitrogen and oxygen atoms in total. The Kier molecular flexibility index (Phi) is 7.23. The van der Waals surface area contributed by atoms with E-state index in [2.05, 4.69) is 16.3 Å². The Morgan fingerprint density at radius 1 is 0.917 bits per heavy atom. The summed E-state index contributed by atoms with van der Waals surface area (Å²) in [5.41, 5.74) is 3.77. The van der Waals surface area contributed by atoms with Crippen molar-refractivity contribution in [3.8, 4) is 22.9 Å². The lowest BCUT2D eigenvalue weighted by atomic mass is 10.0. The molecule has 5 rings (SSSR count). The number of rotatable bonds is 7. The minimum Gasteiger partial charge on any atom is -0.492 e. The van der Waals surface area contributed by atoms with Gasteiger partial charge in [0.05, 0.1) is 24.8 Å². The summed E-state index contributed by atoms with van der Waals surface area (Å²) < 4.78 is 11.5. The molecule has 0 radical (unpaired) electrons. The van der Waals surface area contributed by atoms with Crippen LogP contribution in [0.25, 0.3) is 21.9 Å². The summed E-state index contributed by atoms with van der Waals surface area (Å²) in [5.74, 6) is 0.622. The van der Waals surface area contributed by atoms with E-state index in [0.717, 1.165) is 66.2 Å². The van der Waals surface area contributed by atoms with Crippen LogP contribution >= 0.6 is 0 Å². The first-order valence-electron chi connectivity index (χ1n) is 12.1. The highest BCUT2D eigenvalue weighted by atomic mass is 16.5. The molecular weight excluding hydrogens is 450 g/mol. The molecule has 1 aliphatic rings. The summed E-state index contributed by atoms with van der Waals surface area (Å²) in [6.07, 6.45) is 0. The topological polar surface area (TPSA) is 74.6 Å². The van der Waals surface area contributed by atoms with Gasteiger partial charge in [-0.2, -0.15) is 5.26 Å². The second-order valence-electron chi connectivity index (χ2n) is 8.68. The average Bonchev–Trinajstić information content (AvgIpc) is 2.95. The van der Waals surface area contributed by atoms with Crippen molar-refractivity contribution < 1.29 is 14.3 Å². The van der Waals surface area contributed by atoms with E-state index in [4.69, 9.17) is 14.7 Å². The van der Waals surface area contributed by atoms with Crippen LogP contribution in [0.2, 0.25) is 0 Å². The summed E-state index contributed by atoms with van der Waals surface area (Å²) in [6.45, 7) is 4.86. The van der Waals surface area contributed by atoms with E-state index in [0.29, 0.717) is 17.7 Å². The Hall–Kier alpha value is -4.18. The molecule has 0 saturated carbocycles. The summed E-state index contributed by atoms with van der Waals surface area (Å²) in [4.78, 5) is 15.5. The Morgan fingerprint density at radius 2 is 1.69 bits per heavy atom. The molecule has 0 atom stereocenters. The molecule has 1 N–H and O–H groups in total. The highest BCUT2D eigenvalue weighted by Crippen LogP contribution is 2.32. The number of benzene rings is 4. The summed E-state index contributed by atoms with van der Waals surface area (Å²) >= 11 is 0. The van der Waals surface area contributed by atoms with Gasteiger partial charge in [-0.05, 0) is 47.5 Å². The van der Waals surface area contributed by atoms with E-state index < -0.39 is 0 Å². The van der Waals surface area contributed by atoms with Crippen LogP contribution in [0.3, 0.4) is 0 Å². The molecule has 0 unspecified atom stereocenters. The van der Waals surface area contributed by atoms with E-state index in [1.54, 1.807) is 18.2 Å². The van der Waals surface area contributed by atoms with Crippen molar-refractivity contribution in [2.75, 3.05) is 44.8 Å². The monoisotopic (exact) mass is 477 g/mol. The quantitative estimate of drug-likeness (QED) is 0.389. The second kappa shape index (κ2) is 11.0. The number of nitriles is 1. The number of carbonyl (C=O) groups is 1. The van der Waals surface area contributed by atoms with Gasteiger partial charge < -0.3 is 14.8 Å². The van der Waals surface area contributed by atoms with Crippen LogP contribution in [0.5, 0.6) is 5.75 Å². The maximum Gasteiger partial charge on any atom is 0.255 e. The summed E-state index contributed by atoms with van der Waals surface area (Å²) in [5, 5.41) is 14.0. The van der Waals surface area contributed by atoms with Gasteiger partial charge in [0.25, 0.3) is 5.91 Å². The molecule has 1 heterocycles. The first-order valence-corrected chi connectivity index (χ1v) is 12.1. The molecule has 4 aromatic carbocycles. The highest BCUT2D eigenvalue weighted by Gasteiger charge is 2.13. The lowest BCUT2D eigenvalue weighted by Gasteiger charge is -2.26. The zero-order valence-corrected chi connectivity index (χ0v) is 19.9. The number of morpholine rings is 1. The van der Waals surface area contributed by atoms with Gasteiger partial charge in [0, 0.05) is 41.7 Å². The SMILES string of the molecule is N#Cc1ccc(-c2cccc(C(=O)Nc3ccc(OCCN4CCOCC4)c4ccccc34)c2)cc1. The number of carbonyl (C=O) groups excluding carboxylic acids is 1. The van der Waals surface area contributed by atoms with Crippen LogP contribution in [0, 0.1) is 11.3 Å². The van der Waals surface area contributed by atoms with Crippen molar-refractivity contribution >= 4 is 22.4 Å². The molecule has 0 aliphatic carbocycles. The Bertz CT molecular complexity index is 1400. The lowest BCUT2D eigenvalue weighted by molar-refractivity contribution is 0.0323. The van der Waals surface area contributed by atoms with Crippen LogP contribution in [0.4, 0.5) is 5.69 Å². The number of nitrogens with zero attached hydrogens (tertiary/aromatic N) is 2. The molecule has 0 spiro atoms. The maximum atomic E-state index is 13.2. The Labute approximate surface area is 210 Å². The normalized spacial score (nSPS) is 13.8. The zero-order valence-electron chi connectivity index (χ0n) is 19.9. The fraction of sp³-hybridized carbons (Fsp3) is 0.200. The predicted molar refractivity (Wildman–Crippen MR) is 141 cm³/mol. The summed E-state index contributed by atoms with van der Waals surface area (Å²) in [6, 6.07) is 28.7. The van der Waals surface area contributed by atoms with E-state index in [9.17, 15) is 4.79 Å². The van der Waals surface area contributed by atoms with Crippen LogP contribution in [-0.4, -0.2) is 50.3 Å². The highest BCUT2D eigenvalue weighted by molar-refractivity contribution is 6.10. The molecule has 1 saturated heterocycles. The van der Waals surface area contributed by atoms with Gasteiger partial charge in [0.2, 0.25) is 0 Å². The number of fused-ring (bicyclic) bond motifs is 1. The number of anilines is 1. The van der Waals surface area contributed by atoms with Gasteiger partial charge in [-0.3, -0.25) is 9.69 Å². The molecule has 1 fully saturated rings. The van der Waals surface area contributed by atoms with Gasteiger partial charge in [-0.15, -0.1) is 0 Å².